The lowest BCUT2D eigenvalue weighted by Crippen LogP contribution is -2.17. The summed E-state index contributed by atoms with van der Waals surface area (Å²) in [6.07, 6.45) is -4.76. The molecule has 0 bridgehead atoms. The van der Waals surface area contributed by atoms with Crippen molar-refractivity contribution in [2.24, 2.45) is 0 Å². The lowest BCUT2D eigenvalue weighted by molar-refractivity contribution is -0.274. The number of carbonyl (C=O) groups is 1. The number of nitrogens with zero attached hydrogens (tertiary/aromatic N) is 2. The van der Waals surface area contributed by atoms with Crippen LogP contribution in [-0.2, 0) is 6.54 Å². The molecule has 1 heterocycles. The molecule has 1 amide bonds. The SMILES string of the molecule is Cc1cc(C(=O)Nc2ccc(OC(F)(F)F)cc2)nn1Cc1ccccc1. The molecule has 5 nitrogen and oxygen atoms in total. The maximum Gasteiger partial charge on any atom is 0.573 e. The minimum Gasteiger partial charge on any atom is -0.406 e. The standard InChI is InChI=1S/C19H16F3N3O2/c1-13-11-17(24-25(13)12-14-5-3-2-4-6-14)18(26)23-15-7-9-16(10-8-15)27-19(20,21)22/h2-11H,12H2,1H3,(H,23,26). The third-order valence-electron chi connectivity index (χ3n) is 3.73. The highest BCUT2D eigenvalue weighted by molar-refractivity contribution is 6.02. The number of rotatable bonds is 5. The van der Waals surface area contributed by atoms with Crippen molar-refractivity contribution in [3.05, 3.63) is 77.6 Å². The molecule has 0 saturated heterocycles. The highest BCUT2D eigenvalue weighted by atomic mass is 19.4. The summed E-state index contributed by atoms with van der Waals surface area (Å²) in [6, 6.07) is 16.3. The number of alkyl halides is 3. The normalized spacial score (nSPS) is 11.3. The summed E-state index contributed by atoms with van der Waals surface area (Å²) in [5.74, 6) is -0.808. The summed E-state index contributed by atoms with van der Waals surface area (Å²) >= 11 is 0. The molecule has 0 radical (unpaired) electrons. The molecule has 0 aliphatic rings. The second kappa shape index (κ2) is 7.53. The zero-order chi connectivity index (χ0) is 19.4. The van der Waals surface area contributed by atoms with E-state index in [1.807, 2.05) is 37.3 Å². The minimum atomic E-state index is -4.76. The predicted molar refractivity (Wildman–Crippen MR) is 93.6 cm³/mol. The van der Waals surface area contributed by atoms with Crippen LogP contribution in [0.15, 0.2) is 60.7 Å². The maximum atomic E-state index is 12.3. The summed E-state index contributed by atoms with van der Waals surface area (Å²) in [4.78, 5) is 12.3. The van der Waals surface area contributed by atoms with Crippen LogP contribution >= 0.6 is 0 Å². The van der Waals surface area contributed by atoms with Gasteiger partial charge in [-0.1, -0.05) is 30.3 Å². The number of ether oxygens (including phenoxy) is 1. The number of halogens is 3. The predicted octanol–water partition coefficient (Wildman–Crippen LogP) is 4.39. The number of aromatic nitrogens is 2. The van der Waals surface area contributed by atoms with E-state index in [0.717, 1.165) is 23.4 Å². The van der Waals surface area contributed by atoms with Gasteiger partial charge in [0.2, 0.25) is 0 Å². The van der Waals surface area contributed by atoms with Gasteiger partial charge in [0.1, 0.15) is 5.75 Å². The van der Waals surface area contributed by atoms with E-state index in [2.05, 4.69) is 15.2 Å². The van der Waals surface area contributed by atoms with Crippen LogP contribution in [0.2, 0.25) is 0 Å². The van der Waals surface area contributed by atoms with E-state index >= 15 is 0 Å². The highest BCUT2D eigenvalue weighted by Crippen LogP contribution is 2.24. The first-order valence-corrected chi connectivity index (χ1v) is 8.06. The summed E-state index contributed by atoms with van der Waals surface area (Å²) in [5.41, 5.74) is 2.43. The first-order chi connectivity index (χ1) is 12.8. The van der Waals surface area contributed by atoms with Crippen molar-refractivity contribution in [2.45, 2.75) is 19.8 Å². The fourth-order valence-electron chi connectivity index (χ4n) is 2.47. The molecule has 1 aromatic heterocycles. The van der Waals surface area contributed by atoms with E-state index < -0.39 is 12.3 Å². The third kappa shape index (κ3) is 5.10. The Hall–Kier alpha value is -3.29. The smallest absolute Gasteiger partial charge is 0.406 e. The van der Waals surface area contributed by atoms with Crippen LogP contribution in [0.4, 0.5) is 18.9 Å². The molecule has 0 unspecified atom stereocenters. The van der Waals surface area contributed by atoms with Crippen LogP contribution < -0.4 is 10.1 Å². The second-order valence-electron chi connectivity index (χ2n) is 5.84. The largest absolute Gasteiger partial charge is 0.573 e. The molecular formula is C19H16F3N3O2. The average molecular weight is 375 g/mol. The Morgan fingerprint density at radius 3 is 2.41 bits per heavy atom. The first kappa shape index (κ1) is 18.5. The van der Waals surface area contributed by atoms with E-state index in [9.17, 15) is 18.0 Å². The molecule has 0 saturated carbocycles. The number of hydrogen-bond acceptors (Lipinski definition) is 3. The lowest BCUT2D eigenvalue weighted by atomic mass is 10.2. The zero-order valence-electron chi connectivity index (χ0n) is 14.3. The van der Waals surface area contributed by atoms with Crippen molar-refractivity contribution in [2.75, 3.05) is 5.32 Å². The van der Waals surface area contributed by atoms with Crippen LogP contribution in [0.1, 0.15) is 21.7 Å². The minimum absolute atomic E-state index is 0.221. The Labute approximate surface area is 153 Å². The van der Waals surface area contributed by atoms with E-state index in [0.29, 0.717) is 12.2 Å². The molecule has 0 spiro atoms. The fourth-order valence-corrected chi connectivity index (χ4v) is 2.47. The summed E-state index contributed by atoms with van der Waals surface area (Å²) in [5, 5.41) is 6.90. The Morgan fingerprint density at radius 1 is 1.11 bits per heavy atom. The third-order valence-corrected chi connectivity index (χ3v) is 3.73. The van der Waals surface area contributed by atoms with Crippen LogP contribution in [0.5, 0.6) is 5.75 Å². The molecule has 3 aromatic rings. The van der Waals surface area contributed by atoms with Gasteiger partial charge in [-0.3, -0.25) is 9.48 Å². The van der Waals surface area contributed by atoms with Crippen molar-refractivity contribution < 1.29 is 22.7 Å². The van der Waals surface area contributed by atoms with Gasteiger partial charge in [-0.15, -0.1) is 13.2 Å². The van der Waals surface area contributed by atoms with Crippen molar-refractivity contribution in [3.8, 4) is 5.75 Å². The Balaban J connectivity index is 1.67. The molecule has 0 atom stereocenters. The molecule has 1 N–H and O–H groups in total. The van der Waals surface area contributed by atoms with Gasteiger partial charge in [0.05, 0.1) is 6.54 Å². The molecule has 0 aliphatic heterocycles. The van der Waals surface area contributed by atoms with E-state index in [-0.39, 0.29) is 11.4 Å². The van der Waals surface area contributed by atoms with Crippen molar-refractivity contribution in [1.29, 1.82) is 0 Å². The van der Waals surface area contributed by atoms with Crippen LogP contribution in [0.3, 0.4) is 0 Å². The van der Waals surface area contributed by atoms with Crippen molar-refractivity contribution >= 4 is 11.6 Å². The highest BCUT2D eigenvalue weighted by Gasteiger charge is 2.31. The van der Waals surface area contributed by atoms with Gasteiger partial charge in [0, 0.05) is 11.4 Å². The summed E-state index contributed by atoms with van der Waals surface area (Å²) in [7, 11) is 0. The van der Waals surface area contributed by atoms with Gasteiger partial charge < -0.3 is 10.1 Å². The maximum absolute atomic E-state index is 12.3. The number of benzene rings is 2. The Bertz CT molecular complexity index is 920. The zero-order valence-corrected chi connectivity index (χ0v) is 14.3. The van der Waals surface area contributed by atoms with E-state index in [1.54, 1.807) is 10.7 Å². The Morgan fingerprint density at radius 2 is 1.78 bits per heavy atom. The van der Waals surface area contributed by atoms with Crippen LogP contribution in [0, 0.1) is 6.92 Å². The number of aryl methyl sites for hydroxylation is 1. The first-order valence-electron chi connectivity index (χ1n) is 8.06. The molecule has 2 aromatic carbocycles. The number of carbonyl (C=O) groups excluding carboxylic acids is 1. The lowest BCUT2D eigenvalue weighted by Gasteiger charge is -2.09. The molecule has 140 valence electrons. The van der Waals surface area contributed by atoms with Crippen molar-refractivity contribution in [1.82, 2.24) is 9.78 Å². The van der Waals surface area contributed by atoms with E-state index in [4.69, 9.17) is 0 Å². The quantitative estimate of drug-likeness (QED) is 0.720. The number of amides is 1. The second-order valence-corrected chi connectivity index (χ2v) is 5.84. The van der Waals surface area contributed by atoms with Gasteiger partial charge in [-0.2, -0.15) is 5.10 Å². The topological polar surface area (TPSA) is 56.1 Å². The molecular weight excluding hydrogens is 359 g/mol. The average Bonchev–Trinajstić information content (AvgIpc) is 2.97. The fraction of sp³-hybridized carbons (Fsp3) is 0.158. The van der Waals surface area contributed by atoms with Crippen molar-refractivity contribution in [3.63, 3.8) is 0 Å². The molecule has 27 heavy (non-hydrogen) atoms. The molecule has 0 aliphatic carbocycles. The number of nitrogens with one attached hydrogen (secondary N) is 1. The van der Waals surface area contributed by atoms with Gasteiger partial charge in [-0.05, 0) is 42.8 Å². The van der Waals surface area contributed by atoms with Gasteiger partial charge in [0.15, 0.2) is 5.69 Å². The van der Waals surface area contributed by atoms with Gasteiger partial charge in [-0.25, -0.2) is 0 Å². The number of anilines is 1. The summed E-state index contributed by atoms with van der Waals surface area (Å²) in [6.45, 7) is 2.37. The van der Waals surface area contributed by atoms with Gasteiger partial charge in [0.25, 0.3) is 5.91 Å². The van der Waals surface area contributed by atoms with Crippen LogP contribution in [-0.4, -0.2) is 22.1 Å². The van der Waals surface area contributed by atoms with E-state index in [1.165, 1.54) is 12.1 Å². The monoisotopic (exact) mass is 375 g/mol. The molecule has 0 fully saturated rings. The number of hydrogen-bond donors (Lipinski definition) is 1. The summed E-state index contributed by atoms with van der Waals surface area (Å²) < 4.78 is 42.0. The van der Waals surface area contributed by atoms with Crippen LogP contribution in [0.25, 0.3) is 0 Å². The van der Waals surface area contributed by atoms with Gasteiger partial charge >= 0.3 is 6.36 Å². The molecule has 3 rings (SSSR count). The molecule has 8 heteroatoms. The Kier molecular flexibility index (Phi) is 5.16.